The van der Waals surface area contributed by atoms with E-state index in [0.717, 1.165) is 6.42 Å². The van der Waals surface area contributed by atoms with Crippen LogP contribution in [-0.4, -0.2) is 56.6 Å². The molecule has 0 bridgehead atoms. The van der Waals surface area contributed by atoms with Gasteiger partial charge in [0.15, 0.2) is 0 Å². The Morgan fingerprint density at radius 3 is 2.57 bits per heavy atom. The molecular formula is C15H29N3O3. The molecule has 0 aliphatic heterocycles. The zero-order chi connectivity index (χ0) is 16.0. The van der Waals surface area contributed by atoms with E-state index in [1.54, 1.807) is 14.2 Å². The quantitative estimate of drug-likeness (QED) is 0.687. The Labute approximate surface area is 127 Å². The fourth-order valence-electron chi connectivity index (χ4n) is 2.95. The van der Waals surface area contributed by atoms with Crippen LogP contribution in [-0.2, 0) is 14.3 Å². The van der Waals surface area contributed by atoms with Crippen LogP contribution in [0, 0.1) is 17.8 Å². The number of nitrogens with one attached hydrogen (secondary N) is 1. The Kier molecular flexibility index (Phi) is 7.11. The van der Waals surface area contributed by atoms with Crippen molar-refractivity contribution in [3.63, 3.8) is 0 Å². The minimum atomic E-state index is -0.163. The summed E-state index contributed by atoms with van der Waals surface area (Å²) in [5, 5.41) is 2.72. The third-order valence-corrected chi connectivity index (χ3v) is 4.39. The van der Waals surface area contributed by atoms with Gasteiger partial charge in [-0.2, -0.15) is 0 Å². The second kappa shape index (κ2) is 8.34. The van der Waals surface area contributed by atoms with Crippen molar-refractivity contribution in [1.82, 2.24) is 10.2 Å². The summed E-state index contributed by atoms with van der Waals surface area (Å²) >= 11 is 0. The van der Waals surface area contributed by atoms with Gasteiger partial charge in [0.1, 0.15) is 0 Å². The molecule has 0 saturated heterocycles. The summed E-state index contributed by atoms with van der Waals surface area (Å²) in [6.45, 7) is 5.23. The molecule has 122 valence electrons. The molecule has 1 rings (SSSR count). The number of amides is 2. The minimum Gasteiger partial charge on any atom is -0.383 e. The number of hydrogen-bond donors (Lipinski definition) is 2. The van der Waals surface area contributed by atoms with Gasteiger partial charge in [-0.15, -0.1) is 0 Å². The Morgan fingerprint density at radius 2 is 1.95 bits per heavy atom. The second-order valence-electron chi connectivity index (χ2n) is 6.23. The lowest BCUT2D eigenvalue weighted by Crippen LogP contribution is -2.47. The van der Waals surface area contributed by atoms with Crippen molar-refractivity contribution < 1.29 is 14.3 Å². The summed E-state index contributed by atoms with van der Waals surface area (Å²) < 4.78 is 4.87. The zero-order valence-electron chi connectivity index (χ0n) is 13.6. The van der Waals surface area contributed by atoms with Gasteiger partial charge < -0.3 is 20.7 Å². The second-order valence-corrected chi connectivity index (χ2v) is 6.23. The fourth-order valence-corrected chi connectivity index (χ4v) is 2.95. The number of nitrogens with two attached hydrogens (primary N) is 1. The smallest absolute Gasteiger partial charge is 0.239 e. The summed E-state index contributed by atoms with van der Waals surface area (Å²) in [5.74, 6) is 0.543. The van der Waals surface area contributed by atoms with Crippen LogP contribution >= 0.6 is 0 Å². The minimum absolute atomic E-state index is 0.0201. The molecule has 0 heterocycles. The van der Waals surface area contributed by atoms with E-state index in [2.05, 4.69) is 19.2 Å². The van der Waals surface area contributed by atoms with Gasteiger partial charge in [-0.05, 0) is 24.7 Å². The maximum atomic E-state index is 12.5. The molecule has 3 N–H and O–H groups in total. The van der Waals surface area contributed by atoms with Crippen LogP contribution in [0.4, 0.5) is 0 Å². The van der Waals surface area contributed by atoms with Gasteiger partial charge in [0.2, 0.25) is 11.8 Å². The molecule has 6 nitrogen and oxygen atoms in total. The molecule has 4 atom stereocenters. The molecule has 1 aliphatic rings. The summed E-state index contributed by atoms with van der Waals surface area (Å²) in [6, 6.07) is 0.0686. The lowest BCUT2D eigenvalue weighted by atomic mass is 9.72. The maximum absolute atomic E-state index is 12.5. The van der Waals surface area contributed by atoms with Gasteiger partial charge in [0.05, 0.1) is 13.2 Å². The summed E-state index contributed by atoms with van der Waals surface area (Å²) in [4.78, 5) is 25.7. The molecule has 4 unspecified atom stereocenters. The van der Waals surface area contributed by atoms with Crippen LogP contribution in [0.5, 0.6) is 0 Å². The summed E-state index contributed by atoms with van der Waals surface area (Å²) in [7, 11) is 3.25. The van der Waals surface area contributed by atoms with Gasteiger partial charge in [-0.3, -0.25) is 9.59 Å². The third kappa shape index (κ3) is 5.28. The van der Waals surface area contributed by atoms with Gasteiger partial charge in [-0.1, -0.05) is 13.8 Å². The number of hydrogen-bond acceptors (Lipinski definition) is 4. The molecule has 6 heteroatoms. The third-order valence-electron chi connectivity index (χ3n) is 4.39. The van der Waals surface area contributed by atoms with E-state index in [1.165, 1.54) is 4.90 Å². The van der Waals surface area contributed by atoms with Crippen LogP contribution in [0.25, 0.3) is 0 Å². The standard InChI is InChI=1S/C15H29N3O3/c1-10-7-11(2)13(16)8-12(10)15(20)18(3)9-14(19)17-5-6-21-4/h10-13H,5-9,16H2,1-4H3,(H,17,19). The summed E-state index contributed by atoms with van der Waals surface area (Å²) in [6.07, 6.45) is 1.67. The molecule has 0 radical (unpaired) electrons. The SMILES string of the molecule is COCCNC(=O)CN(C)C(=O)C1CC(N)C(C)CC1C. The van der Waals surface area contributed by atoms with E-state index in [4.69, 9.17) is 10.5 Å². The topological polar surface area (TPSA) is 84.7 Å². The van der Waals surface area contributed by atoms with Crippen molar-refractivity contribution in [3.8, 4) is 0 Å². The van der Waals surface area contributed by atoms with Crippen LogP contribution in [0.1, 0.15) is 26.7 Å². The van der Waals surface area contributed by atoms with Crippen LogP contribution in [0.15, 0.2) is 0 Å². The Hall–Kier alpha value is -1.14. The Morgan fingerprint density at radius 1 is 1.29 bits per heavy atom. The average molecular weight is 299 g/mol. The van der Waals surface area contributed by atoms with E-state index in [0.29, 0.717) is 31.4 Å². The number of likely N-dealkylation sites (N-methyl/N-ethyl adjacent to an activating group) is 1. The molecule has 0 spiro atoms. The average Bonchev–Trinajstić information content (AvgIpc) is 2.42. The predicted molar refractivity (Wildman–Crippen MR) is 81.6 cm³/mol. The summed E-state index contributed by atoms with van der Waals surface area (Å²) in [5.41, 5.74) is 6.09. The van der Waals surface area contributed by atoms with Gasteiger partial charge in [0.25, 0.3) is 0 Å². The van der Waals surface area contributed by atoms with Gasteiger partial charge in [-0.25, -0.2) is 0 Å². The monoisotopic (exact) mass is 299 g/mol. The highest BCUT2D eigenvalue weighted by Gasteiger charge is 2.36. The number of methoxy groups -OCH3 is 1. The van der Waals surface area contributed by atoms with Crippen molar-refractivity contribution in [1.29, 1.82) is 0 Å². The van der Waals surface area contributed by atoms with E-state index in [9.17, 15) is 9.59 Å². The van der Waals surface area contributed by atoms with Crippen molar-refractivity contribution in [2.24, 2.45) is 23.5 Å². The van der Waals surface area contributed by atoms with E-state index >= 15 is 0 Å². The molecule has 1 fully saturated rings. The first kappa shape index (κ1) is 17.9. The predicted octanol–water partition coefficient (Wildman–Crippen LogP) is 0.217. The highest BCUT2D eigenvalue weighted by molar-refractivity contribution is 5.85. The van der Waals surface area contributed by atoms with Gasteiger partial charge in [0, 0.05) is 32.7 Å². The van der Waals surface area contributed by atoms with Crippen molar-refractivity contribution >= 4 is 11.8 Å². The van der Waals surface area contributed by atoms with Crippen LogP contribution < -0.4 is 11.1 Å². The van der Waals surface area contributed by atoms with Crippen molar-refractivity contribution in [2.45, 2.75) is 32.7 Å². The van der Waals surface area contributed by atoms with Crippen LogP contribution in [0.2, 0.25) is 0 Å². The molecular weight excluding hydrogens is 270 g/mol. The molecule has 1 saturated carbocycles. The number of nitrogens with zero attached hydrogens (tertiary/aromatic N) is 1. The van der Waals surface area contributed by atoms with Crippen LogP contribution in [0.3, 0.4) is 0 Å². The first-order chi connectivity index (χ1) is 9.86. The highest BCUT2D eigenvalue weighted by Crippen LogP contribution is 2.33. The Bertz CT molecular complexity index is 362. The fraction of sp³-hybridized carbons (Fsp3) is 0.867. The number of carbonyl (C=O) groups is 2. The zero-order valence-corrected chi connectivity index (χ0v) is 13.6. The molecule has 2 amide bonds. The maximum Gasteiger partial charge on any atom is 0.239 e. The number of ether oxygens (including phenoxy) is 1. The van der Waals surface area contributed by atoms with E-state index < -0.39 is 0 Å². The largest absolute Gasteiger partial charge is 0.383 e. The Balaban J connectivity index is 2.48. The molecule has 1 aliphatic carbocycles. The number of rotatable bonds is 6. The van der Waals surface area contributed by atoms with Crippen molar-refractivity contribution in [2.75, 3.05) is 33.9 Å². The normalized spacial score (nSPS) is 29.0. The molecule has 0 aromatic carbocycles. The first-order valence-electron chi connectivity index (χ1n) is 7.63. The van der Waals surface area contributed by atoms with E-state index in [-0.39, 0.29) is 30.3 Å². The first-order valence-corrected chi connectivity index (χ1v) is 7.63. The molecule has 21 heavy (non-hydrogen) atoms. The molecule has 0 aromatic rings. The van der Waals surface area contributed by atoms with E-state index in [1.807, 2.05) is 0 Å². The number of carbonyl (C=O) groups excluding carboxylic acids is 2. The van der Waals surface area contributed by atoms with Gasteiger partial charge >= 0.3 is 0 Å². The highest BCUT2D eigenvalue weighted by atomic mass is 16.5. The lowest BCUT2D eigenvalue weighted by Gasteiger charge is -2.37. The molecule has 0 aromatic heterocycles. The lowest BCUT2D eigenvalue weighted by molar-refractivity contribution is -0.140. The van der Waals surface area contributed by atoms with Crippen molar-refractivity contribution in [3.05, 3.63) is 0 Å².